The number of likely N-dealkylation sites (N-methyl/N-ethyl adjacent to an activating group) is 1. The smallest absolute Gasteiger partial charge is 0.0257 e. The average Bonchev–Trinajstić information content (AvgIpc) is 2.77. The molecule has 0 aromatic rings. The van der Waals surface area contributed by atoms with Crippen LogP contribution in [-0.2, 0) is 0 Å². The van der Waals surface area contributed by atoms with Crippen molar-refractivity contribution >= 4 is 0 Å². The summed E-state index contributed by atoms with van der Waals surface area (Å²) < 4.78 is 0. The second-order valence-corrected chi connectivity index (χ2v) is 8.42. The van der Waals surface area contributed by atoms with E-state index in [9.17, 15) is 0 Å². The highest BCUT2D eigenvalue weighted by Gasteiger charge is 2.44. The summed E-state index contributed by atoms with van der Waals surface area (Å²) >= 11 is 0. The first kappa shape index (κ1) is 16.3. The third-order valence-corrected chi connectivity index (χ3v) is 6.57. The number of likely N-dealkylation sites (tertiary alicyclic amines) is 1. The highest BCUT2D eigenvalue weighted by atomic mass is 15.3. The van der Waals surface area contributed by atoms with Gasteiger partial charge in [0.25, 0.3) is 0 Å². The van der Waals surface area contributed by atoms with Crippen molar-refractivity contribution in [1.29, 1.82) is 0 Å². The Labute approximate surface area is 126 Å². The van der Waals surface area contributed by atoms with E-state index < -0.39 is 0 Å². The van der Waals surface area contributed by atoms with Crippen molar-refractivity contribution in [3.05, 3.63) is 0 Å². The molecule has 1 saturated heterocycles. The Morgan fingerprint density at radius 2 is 1.95 bits per heavy atom. The van der Waals surface area contributed by atoms with Gasteiger partial charge in [0.05, 0.1) is 0 Å². The molecular formula is C18H36N2. The Morgan fingerprint density at radius 1 is 1.25 bits per heavy atom. The molecule has 0 bridgehead atoms. The van der Waals surface area contributed by atoms with Gasteiger partial charge < -0.3 is 5.32 Å². The molecule has 2 aliphatic rings. The molecule has 0 amide bonds. The molecule has 20 heavy (non-hydrogen) atoms. The van der Waals surface area contributed by atoms with E-state index in [2.05, 4.69) is 51.9 Å². The van der Waals surface area contributed by atoms with E-state index in [1.807, 2.05) is 0 Å². The molecule has 2 fully saturated rings. The maximum Gasteiger partial charge on any atom is 0.0257 e. The lowest BCUT2D eigenvalue weighted by Crippen LogP contribution is -2.57. The Bertz CT molecular complexity index is 321. The lowest BCUT2D eigenvalue weighted by atomic mass is 9.67. The van der Waals surface area contributed by atoms with Gasteiger partial charge in [-0.05, 0) is 70.9 Å². The van der Waals surface area contributed by atoms with Crippen LogP contribution in [0.25, 0.3) is 0 Å². The van der Waals surface area contributed by atoms with Crippen LogP contribution < -0.4 is 5.32 Å². The highest BCUT2D eigenvalue weighted by molar-refractivity contribution is 5.00. The number of hydrogen-bond acceptors (Lipinski definition) is 2. The summed E-state index contributed by atoms with van der Waals surface area (Å²) in [5.41, 5.74) is 0.902. The lowest BCUT2D eigenvalue weighted by Gasteiger charge is -2.49. The normalized spacial score (nSPS) is 35.4. The van der Waals surface area contributed by atoms with Crippen LogP contribution in [-0.4, -0.2) is 36.1 Å². The van der Waals surface area contributed by atoms with Crippen molar-refractivity contribution in [2.75, 3.05) is 13.6 Å². The zero-order valence-corrected chi connectivity index (χ0v) is 14.6. The predicted octanol–water partition coefficient (Wildman–Crippen LogP) is 4.05. The minimum Gasteiger partial charge on any atom is -0.315 e. The number of nitrogens with zero attached hydrogens (tertiary/aromatic N) is 1. The molecule has 0 radical (unpaired) electrons. The maximum atomic E-state index is 3.62. The summed E-state index contributed by atoms with van der Waals surface area (Å²) in [6.07, 6.45) is 8.18. The molecule has 0 spiro atoms. The van der Waals surface area contributed by atoms with E-state index in [0.29, 0.717) is 17.0 Å². The van der Waals surface area contributed by atoms with E-state index >= 15 is 0 Å². The van der Waals surface area contributed by atoms with Crippen molar-refractivity contribution in [3.63, 3.8) is 0 Å². The van der Waals surface area contributed by atoms with Crippen LogP contribution in [0, 0.1) is 11.3 Å². The van der Waals surface area contributed by atoms with Crippen molar-refractivity contribution in [3.8, 4) is 0 Å². The van der Waals surface area contributed by atoms with E-state index in [0.717, 1.165) is 12.0 Å². The standard InChI is InChI=1S/C18H36N2/c1-7-17(2,3)14-9-10-15(19-6)16(13-14)20-12-8-11-18(20,4)5/h14-16,19H,7-13H2,1-6H3. The number of hydrogen-bond donors (Lipinski definition) is 1. The SMILES string of the molecule is CCC(C)(C)C1CCC(NC)C(N2CCCC2(C)C)C1. The van der Waals surface area contributed by atoms with Gasteiger partial charge >= 0.3 is 0 Å². The van der Waals surface area contributed by atoms with Crippen molar-refractivity contribution in [1.82, 2.24) is 10.2 Å². The van der Waals surface area contributed by atoms with Gasteiger partial charge in [-0.1, -0.05) is 27.2 Å². The summed E-state index contributed by atoms with van der Waals surface area (Å²) in [7, 11) is 2.16. The van der Waals surface area contributed by atoms with Gasteiger partial charge in [-0.15, -0.1) is 0 Å². The fourth-order valence-electron chi connectivity index (χ4n) is 4.57. The van der Waals surface area contributed by atoms with E-state index in [4.69, 9.17) is 0 Å². The van der Waals surface area contributed by atoms with Gasteiger partial charge in [-0.2, -0.15) is 0 Å². The van der Waals surface area contributed by atoms with Crippen LogP contribution in [0.2, 0.25) is 0 Å². The van der Waals surface area contributed by atoms with Crippen LogP contribution in [0.4, 0.5) is 0 Å². The molecule has 1 saturated carbocycles. The van der Waals surface area contributed by atoms with Crippen LogP contribution in [0.3, 0.4) is 0 Å². The summed E-state index contributed by atoms with van der Waals surface area (Å²) in [5, 5.41) is 3.62. The summed E-state index contributed by atoms with van der Waals surface area (Å²) in [6.45, 7) is 13.5. The summed E-state index contributed by atoms with van der Waals surface area (Å²) in [4.78, 5) is 2.83. The van der Waals surface area contributed by atoms with Crippen molar-refractivity contribution in [2.24, 2.45) is 11.3 Å². The molecule has 1 aliphatic heterocycles. The van der Waals surface area contributed by atoms with Gasteiger partial charge in [0.2, 0.25) is 0 Å². The van der Waals surface area contributed by atoms with Gasteiger partial charge in [-0.3, -0.25) is 4.90 Å². The Balaban J connectivity index is 2.15. The summed E-state index contributed by atoms with van der Waals surface area (Å²) in [6, 6.07) is 1.43. The van der Waals surface area contributed by atoms with Crippen LogP contribution in [0.1, 0.15) is 73.1 Å². The van der Waals surface area contributed by atoms with E-state index in [1.165, 1.54) is 45.1 Å². The Morgan fingerprint density at radius 3 is 2.45 bits per heavy atom. The predicted molar refractivity (Wildman–Crippen MR) is 88.1 cm³/mol. The first-order valence-electron chi connectivity index (χ1n) is 8.76. The largest absolute Gasteiger partial charge is 0.315 e. The van der Waals surface area contributed by atoms with Crippen LogP contribution in [0.5, 0.6) is 0 Å². The topological polar surface area (TPSA) is 15.3 Å². The zero-order valence-electron chi connectivity index (χ0n) is 14.6. The van der Waals surface area contributed by atoms with Crippen LogP contribution in [0.15, 0.2) is 0 Å². The second kappa shape index (κ2) is 5.96. The van der Waals surface area contributed by atoms with Crippen LogP contribution >= 0.6 is 0 Å². The molecule has 3 atom stereocenters. The first-order valence-corrected chi connectivity index (χ1v) is 8.76. The van der Waals surface area contributed by atoms with Gasteiger partial charge in [0, 0.05) is 17.6 Å². The van der Waals surface area contributed by atoms with Gasteiger partial charge in [-0.25, -0.2) is 0 Å². The molecule has 1 aliphatic carbocycles. The summed E-state index contributed by atoms with van der Waals surface area (Å²) in [5.74, 6) is 0.887. The zero-order chi connectivity index (χ0) is 15.0. The minimum absolute atomic E-state index is 0.401. The molecule has 1 heterocycles. The number of nitrogens with one attached hydrogen (secondary N) is 1. The third-order valence-electron chi connectivity index (χ3n) is 6.57. The fourth-order valence-corrected chi connectivity index (χ4v) is 4.57. The molecule has 118 valence electrons. The molecule has 0 aromatic carbocycles. The quantitative estimate of drug-likeness (QED) is 0.835. The molecule has 3 unspecified atom stereocenters. The molecule has 2 nitrogen and oxygen atoms in total. The number of rotatable bonds is 4. The Kier molecular flexibility index (Phi) is 4.86. The molecule has 1 N–H and O–H groups in total. The van der Waals surface area contributed by atoms with E-state index in [-0.39, 0.29) is 0 Å². The maximum absolute atomic E-state index is 3.62. The minimum atomic E-state index is 0.401. The van der Waals surface area contributed by atoms with Gasteiger partial charge in [0.1, 0.15) is 0 Å². The van der Waals surface area contributed by atoms with Gasteiger partial charge in [0.15, 0.2) is 0 Å². The molecule has 2 heteroatoms. The van der Waals surface area contributed by atoms with E-state index in [1.54, 1.807) is 0 Å². The third kappa shape index (κ3) is 3.06. The lowest BCUT2D eigenvalue weighted by molar-refractivity contribution is 0.0209. The Hall–Kier alpha value is -0.0800. The monoisotopic (exact) mass is 280 g/mol. The molecule has 2 rings (SSSR count). The highest BCUT2D eigenvalue weighted by Crippen LogP contribution is 2.44. The average molecular weight is 280 g/mol. The first-order chi connectivity index (χ1) is 9.31. The second-order valence-electron chi connectivity index (χ2n) is 8.42. The molecular weight excluding hydrogens is 244 g/mol. The van der Waals surface area contributed by atoms with Crippen molar-refractivity contribution < 1.29 is 0 Å². The fraction of sp³-hybridized carbons (Fsp3) is 1.00. The van der Waals surface area contributed by atoms with Crippen molar-refractivity contribution in [2.45, 2.75) is 90.8 Å². The molecule has 0 aromatic heterocycles.